The van der Waals surface area contributed by atoms with E-state index in [0.29, 0.717) is 22.9 Å². The van der Waals surface area contributed by atoms with Crippen LogP contribution >= 0.6 is 0 Å². The zero-order chi connectivity index (χ0) is 17.1. The van der Waals surface area contributed by atoms with Crippen LogP contribution in [0.3, 0.4) is 0 Å². The summed E-state index contributed by atoms with van der Waals surface area (Å²) in [6, 6.07) is 9.05. The number of anilines is 1. The minimum absolute atomic E-state index is 0.0240. The maximum atomic E-state index is 12.5. The van der Waals surface area contributed by atoms with Crippen LogP contribution in [0.2, 0.25) is 0 Å². The van der Waals surface area contributed by atoms with Gasteiger partial charge in [0.1, 0.15) is 0 Å². The van der Waals surface area contributed by atoms with E-state index in [-0.39, 0.29) is 12.3 Å². The molecule has 0 spiro atoms. The van der Waals surface area contributed by atoms with E-state index >= 15 is 0 Å². The predicted molar refractivity (Wildman–Crippen MR) is 90.0 cm³/mol. The van der Waals surface area contributed by atoms with Crippen LogP contribution in [0.1, 0.15) is 47.2 Å². The third kappa shape index (κ3) is 3.80. The second kappa shape index (κ2) is 6.69. The van der Waals surface area contributed by atoms with Crippen LogP contribution in [0.5, 0.6) is 0 Å². The highest BCUT2D eigenvalue weighted by Crippen LogP contribution is 2.21. The number of carboxylic acids is 1. The van der Waals surface area contributed by atoms with Crippen LogP contribution in [0, 0.1) is 13.8 Å². The molecule has 1 aromatic heterocycles. The van der Waals surface area contributed by atoms with E-state index < -0.39 is 5.97 Å². The van der Waals surface area contributed by atoms with Gasteiger partial charge in [0.2, 0.25) is 0 Å². The number of nitrogens with zero attached hydrogens (tertiary/aromatic N) is 1. The SMILES string of the molecule is Cc1cc(C(=O)Nc2ccc(CC(=O)O)cc2)c(C)n1C(C)C. The molecule has 2 rings (SSSR count). The minimum Gasteiger partial charge on any atom is -0.481 e. The number of carbonyl (C=O) groups excluding carboxylic acids is 1. The van der Waals surface area contributed by atoms with Crippen LogP contribution in [0.4, 0.5) is 5.69 Å². The molecule has 0 aliphatic carbocycles. The third-order valence-corrected chi connectivity index (χ3v) is 3.81. The Hall–Kier alpha value is -2.56. The van der Waals surface area contributed by atoms with Crippen LogP contribution in [0.25, 0.3) is 0 Å². The summed E-state index contributed by atoms with van der Waals surface area (Å²) in [6.45, 7) is 8.11. The van der Waals surface area contributed by atoms with Gasteiger partial charge in [-0.25, -0.2) is 0 Å². The fourth-order valence-corrected chi connectivity index (χ4v) is 2.88. The van der Waals surface area contributed by atoms with Crippen LogP contribution in [0.15, 0.2) is 30.3 Å². The largest absolute Gasteiger partial charge is 0.481 e. The Bertz CT molecular complexity index is 727. The van der Waals surface area contributed by atoms with Gasteiger partial charge in [0, 0.05) is 23.1 Å². The molecule has 0 bridgehead atoms. The summed E-state index contributed by atoms with van der Waals surface area (Å²) in [4.78, 5) is 23.1. The second-order valence-corrected chi connectivity index (χ2v) is 5.97. The number of rotatable bonds is 5. The lowest BCUT2D eigenvalue weighted by Gasteiger charge is -2.13. The van der Waals surface area contributed by atoms with Crippen molar-refractivity contribution < 1.29 is 14.7 Å². The molecule has 0 saturated heterocycles. The molecule has 1 aromatic carbocycles. The van der Waals surface area contributed by atoms with Gasteiger partial charge in [-0.3, -0.25) is 9.59 Å². The summed E-state index contributed by atoms with van der Waals surface area (Å²) in [5.74, 6) is -1.03. The average molecular weight is 314 g/mol. The number of nitrogens with one attached hydrogen (secondary N) is 1. The molecule has 2 N–H and O–H groups in total. The molecule has 0 radical (unpaired) electrons. The van der Waals surface area contributed by atoms with Crippen molar-refractivity contribution in [2.24, 2.45) is 0 Å². The number of aliphatic carboxylic acids is 1. The zero-order valence-corrected chi connectivity index (χ0v) is 13.9. The lowest BCUT2D eigenvalue weighted by molar-refractivity contribution is -0.136. The lowest BCUT2D eigenvalue weighted by atomic mass is 10.1. The number of carboxylic acid groups (broad SMARTS) is 1. The normalized spacial score (nSPS) is 10.8. The maximum Gasteiger partial charge on any atom is 0.307 e. The Morgan fingerprint density at radius 3 is 2.26 bits per heavy atom. The molecule has 1 heterocycles. The summed E-state index contributed by atoms with van der Waals surface area (Å²) in [5.41, 5.74) is 4.01. The number of amides is 1. The molecule has 5 nitrogen and oxygen atoms in total. The van der Waals surface area contributed by atoms with E-state index in [0.717, 1.165) is 11.4 Å². The van der Waals surface area contributed by atoms with Crippen LogP contribution in [-0.2, 0) is 11.2 Å². The first kappa shape index (κ1) is 16.8. The van der Waals surface area contributed by atoms with Gasteiger partial charge in [-0.05, 0) is 51.5 Å². The molecule has 122 valence electrons. The monoisotopic (exact) mass is 314 g/mol. The Morgan fingerprint density at radius 2 is 1.78 bits per heavy atom. The smallest absolute Gasteiger partial charge is 0.307 e. The molecule has 0 aliphatic heterocycles. The van der Waals surface area contributed by atoms with Crippen molar-refractivity contribution >= 4 is 17.6 Å². The summed E-state index contributed by atoms with van der Waals surface area (Å²) in [6.07, 6.45) is -0.0240. The van der Waals surface area contributed by atoms with E-state index in [1.165, 1.54) is 0 Å². The van der Waals surface area contributed by atoms with E-state index in [4.69, 9.17) is 5.11 Å². The molecule has 5 heteroatoms. The van der Waals surface area contributed by atoms with Gasteiger partial charge < -0.3 is 15.0 Å². The van der Waals surface area contributed by atoms with Crippen molar-refractivity contribution in [2.75, 3.05) is 5.32 Å². The molecule has 0 unspecified atom stereocenters. The van der Waals surface area contributed by atoms with E-state index in [1.807, 2.05) is 19.9 Å². The van der Waals surface area contributed by atoms with Crippen molar-refractivity contribution in [3.8, 4) is 0 Å². The highest BCUT2D eigenvalue weighted by atomic mass is 16.4. The molecule has 1 amide bonds. The van der Waals surface area contributed by atoms with E-state index in [1.54, 1.807) is 24.3 Å². The molecule has 23 heavy (non-hydrogen) atoms. The van der Waals surface area contributed by atoms with E-state index in [2.05, 4.69) is 23.7 Å². The van der Waals surface area contributed by atoms with Crippen molar-refractivity contribution in [1.82, 2.24) is 4.57 Å². The first-order chi connectivity index (χ1) is 10.8. The van der Waals surface area contributed by atoms with Gasteiger partial charge in [0.15, 0.2) is 0 Å². The second-order valence-electron chi connectivity index (χ2n) is 5.97. The van der Waals surface area contributed by atoms with Gasteiger partial charge in [0.25, 0.3) is 5.91 Å². The molecule has 0 saturated carbocycles. The van der Waals surface area contributed by atoms with Crippen molar-refractivity contribution in [3.63, 3.8) is 0 Å². The molecular formula is C18H22N2O3. The van der Waals surface area contributed by atoms with Crippen molar-refractivity contribution in [1.29, 1.82) is 0 Å². The molecular weight excluding hydrogens is 292 g/mol. The zero-order valence-electron chi connectivity index (χ0n) is 13.9. The number of benzene rings is 1. The molecule has 0 aliphatic rings. The van der Waals surface area contributed by atoms with E-state index in [9.17, 15) is 9.59 Å². The number of aryl methyl sites for hydroxylation is 1. The standard InChI is InChI=1S/C18H22N2O3/c1-11(2)20-12(3)9-16(13(20)4)18(23)19-15-7-5-14(6-8-15)10-17(21)22/h5-9,11H,10H2,1-4H3,(H,19,23)(H,21,22). The highest BCUT2D eigenvalue weighted by Gasteiger charge is 2.17. The van der Waals surface area contributed by atoms with Crippen LogP contribution < -0.4 is 5.32 Å². The lowest BCUT2D eigenvalue weighted by Crippen LogP contribution is -2.14. The first-order valence-electron chi connectivity index (χ1n) is 7.60. The van der Waals surface area contributed by atoms with Gasteiger partial charge in [-0.2, -0.15) is 0 Å². The number of carbonyl (C=O) groups is 2. The maximum absolute atomic E-state index is 12.5. The Morgan fingerprint density at radius 1 is 1.17 bits per heavy atom. The molecule has 0 atom stereocenters. The van der Waals surface area contributed by atoms with Gasteiger partial charge in [-0.1, -0.05) is 12.1 Å². The quantitative estimate of drug-likeness (QED) is 0.886. The first-order valence-corrected chi connectivity index (χ1v) is 7.60. The number of hydrogen-bond acceptors (Lipinski definition) is 2. The fraction of sp³-hybridized carbons (Fsp3) is 0.333. The summed E-state index contributed by atoms with van der Waals surface area (Å²) in [7, 11) is 0. The average Bonchev–Trinajstić information content (AvgIpc) is 2.75. The van der Waals surface area contributed by atoms with Gasteiger partial charge >= 0.3 is 5.97 Å². The summed E-state index contributed by atoms with van der Waals surface area (Å²) in [5, 5.41) is 11.6. The topological polar surface area (TPSA) is 71.3 Å². The van der Waals surface area contributed by atoms with Gasteiger partial charge in [-0.15, -0.1) is 0 Å². The van der Waals surface area contributed by atoms with Crippen molar-refractivity contribution in [3.05, 3.63) is 52.8 Å². The van der Waals surface area contributed by atoms with Gasteiger partial charge in [0.05, 0.1) is 12.0 Å². The Labute approximate surface area is 135 Å². The number of aromatic nitrogens is 1. The molecule has 2 aromatic rings. The predicted octanol–water partition coefficient (Wildman–Crippen LogP) is 3.57. The van der Waals surface area contributed by atoms with Crippen LogP contribution in [-0.4, -0.2) is 21.6 Å². The van der Waals surface area contributed by atoms with Crippen molar-refractivity contribution in [2.45, 2.75) is 40.2 Å². The summed E-state index contributed by atoms with van der Waals surface area (Å²) < 4.78 is 2.13. The third-order valence-electron chi connectivity index (χ3n) is 3.81. The number of hydrogen-bond donors (Lipinski definition) is 2. The highest BCUT2D eigenvalue weighted by molar-refractivity contribution is 6.05. The Balaban J connectivity index is 2.16. The molecule has 0 fully saturated rings. The minimum atomic E-state index is -0.872. The summed E-state index contributed by atoms with van der Waals surface area (Å²) >= 11 is 0. The Kier molecular flexibility index (Phi) is 4.89. The fourth-order valence-electron chi connectivity index (χ4n) is 2.88.